The minimum atomic E-state index is -0.402. The second-order valence-electron chi connectivity index (χ2n) is 6.54. The first-order chi connectivity index (χ1) is 14.6. The highest BCUT2D eigenvalue weighted by atomic mass is 35.5. The number of hydrogen-bond donors (Lipinski definition) is 2. The van der Waals surface area contributed by atoms with E-state index in [4.69, 9.17) is 25.9 Å². The zero-order valence-electron chi connectivity index (χ0n) is 16.3. The fraction of sp³-hybridized carbons (Fsp3) is 0.333. The van der Waals surface area contributed by atoms with Crippen LogP contribution in [0.25, 0.3) is 6.08 Å². The van der Waals surface area contributed by atoms with Crippen molar-refractivity contribution in [2.75, 3.05) is 25.1 Å². The van der Waals surface area contributed by atoms with Gasteiger partial charge in [-0.05, 0) is 54.8 Å². The predicted octanol–water partition coefficient (Wildman–Crippen LogP) is 3.95. The van der Waals surface area contributed by atoms with Crippen molar-refractivity contribution < 1.29 is 23.5 Å². The lowest BCUT2D eigenvalue weighted by atomic mass is 10.2. The van der Waals surface area contributed by atoms with Crippen LogP contribution >= 0.6 is 11.6 Å². The van der Waals surface area contributed by atoms with E-state index in [9.17, 15) is 9.18 Å². The fourth-order valence-corrected chi connectivity index (χ4v) is 2.92. The average Bonchev–Trinajstić information content (AvgIpc) is 2.77. The second-order valence-corrected chi connectivity index (χ2v) is 6.95. The van der Waals surface area contributed by atoms with Gasteiger partial charge in [-0.15, -0.1) is 0 Å². The van der Waals surface area contributed by atoms with Crippen LogP contribution in [0.2, 0.25) is 5.02 Å². The molecule has 1 aliphatic heterocycles. The van der Waals surface area contributed by atoms with E-state index < -0.39 is 12.2 Å². The average molecular weight is 436 g/mol. The van der Waals surface area contributed by atoms with E-state index in [1.54, 1.807) is 30.5 Å². The summed E-state index contributed by atoms with van der Waals surface area (Å²) in [5.41, 5.74) is 3.01. The molecule has 3 rings (SSSR count). The molecule has 1 aromatic carbocycles. The van der Waals surface area contributed by atoms with E-state index in [1.165, 1.54) is 18.2 Å². The summed E-state index contributed by atoms with van der Waals surface area (Å²) in [6, 6.07) is 7.48. The predicted molar refractivity (Wildman–Crippen MR) is 111 cm³/mol. The van der Waals surface area contributed by atoms with Gasteiger partial charge in [0.1, 0.15) is 24.0 Å². The molecule has 30 heavy (non-hydrogen) atoms. The van der Waals surface area contributed by atoms with Crippen LogP contribution < -0.4 is 15.5 Å². The van der Waals surface area contributed by atoms with Gasteiger partial charge in [0.2, 0.25) is 0 Å². The molecular weight excluding hydrogens is 413 g/mol. The Morgan fingerprint density at radius 2 is 2.17 bits per heavy atom. The number of nitrogens with zero attached hydrogens (tertiary/aromatic N) is 1. The van der Waals surface area contributed by atoms with Crippen molar-refractivity contribution in [3.05, 3.63) is 59.0 Å². The number of nitrogens with one attached hydrogen (secondary N) is 2. The van der Waals surface area contributed by atoms with E-state index in [-0.39, 0.29) is 5.82 Å². The topological polar surface area (TPSA) is 81.7 Å². The largest absolute Gasteiger partial charge is 0.492 e. The fourth-order valence-electron chi connectivity index (χ4n) is 2.68. The van der Waals surface area contributed by atoms with Crippen LogP contribution in [-0.2, 0) is 14.4 Å². The molecule has 2 aromatic rings. The molecule has 1 aromatic heterocycles. The summed E-state index contributed by atoms with van der Waals surface area (Å²) in [5, 5.41) is 3.47. The van der Waals surface area contributed by atoms with E-state index in [2.05, 4.69) is 15.8 Å². The first-order valence-electron chi connectivity index (χ1n) is 9.63. The molecule has 0 aliphatic carbocycles. The van der Waals surface area contributed by atoms with Gasteiger partial charge in [0.25, 0.3) is 5.91 Å². The molecule has 2 N–H and O–H groups in total. The van der Waals surface area contributed by atoms with Crippen LogP contribution in [0.15, 0.2) is 42.6 Å². The minimum Gasteiger partial charge on any atom is -0.492 e. The van der Waals surface area contributed by atoms with Crippen LogP contribution in [0.4, 0.5) is 10.2 Å². The Kier molecular flexibility index (Phi) is 8.43. The van der Waals surface area contributed by atoms with E-state index >= 15 is 0 Å². The first-order valence-corrected chi connectivity index (χ1v) is 10.0. The molecule has 7 nitrogen and oxygen atoms in total. The quantitative estimate of drug-likeness (QED) is 0.352. The molecule has 1 atom stereocenters. The highest BCUT2D eigenvalue weighted by molar-refractivity contribution is 6.33. The van der Waals surface area contributed by atoms with Crippen molar-refractivity contribution in [2.24, 2.45) is 0 Å². The van der Waals surface area contributed by atoms with E-state index in [0.29, 0.717) is 41.9 Å². The number of ether oxygens (including phenoxy) is 2. The van der Waals surface area contributed by atoms with Crippen molar-refractivity contribution in [1.29, 1.82) is 0 Å². The maximum Gasteiger partial charge on any atom is 0.267 e. The molecular formula is C21H23ClFN3O4. The molecule has 0 saturated carbocycles. The molecule has 1 amide bonds. The molecule has 9 heteroatoms. The van der Waals surface area contributed by atoms with Gasteiger partial charge < -0.3 is 14.8 Å². The molecule has 1 unspecified atom stereocenters. The summed E-state index contributed by atoms with van der Waals surface area (Å²) < 4.78 is 23.7. The number of benzene rings is 1. The Bertz CT molecular complexity index is 858. The molecule has 0 radical (unpaired) electrons. The number of rotatable bonds is 9. The van der Waals surface area contributed by atoms with Crippen LogP contribution in [0.1, 0.15) is 24.8 Å². The highest BCUT2D eigenvalue weighted by Gasteiger charge is 2.14. The summed E-state index contributed by atoms with van der Waals surface area (Å²) >= 11 is 6.24. The third-order valence-electron chi connectivity index (χ3n) is 4.20. The van der Waals surface area contributed by atoms with Gasteiger partial charge in [-0.2, -0.15) is 0 Å². The Balaban J connectivity index is 1.40. The normalized spacial score (nSPS) is 16.4. The lowest BCUT2D eigenvalue weighted by Crippen LogP contribution is -2.32. The lowest BCUT2D eigenvalue weighted by Gasteiger charge is -2.21. The minimum absolute atomic E-state index is 0.311. The summed E-state index contributed by atoms with van der Waals surface area (Å²) in [6.07, 6.45) is 6.88. The third-order valence-corrected chi connectivity index (χ3v) is 4.48. The number of carbonyl (C=O) groups is 1. The van der Waals surface area contributed by atoms with Gasteiger partial charge in [0.15, 0.2) is 6.29 Å². The number of halogens is 2. The Morgan fingerprint density at radius 1 is 1.33 bits per heavy atom. The molecule has 1 aliphatic rings. The second kappa shape index (κ2) is 11.5. The van der Waals surface area contributed by atoms with Crippen LogP contribution in [0.3, 0.4) is 0 Å². The number of hydroxylamine groups is 1. The van der Waals surface area contributed by atoms with Crippen LogP contribution in [0, 0.1) is 5.82 Å². The van der Waals surface area contributed by atoms with Crippen molar-refractivity contribution in [1.82, 2.24) is 10.5 Å². The van der Waals surface area contributed by atoms with E-state index in [0.717, 1.165) is 19.3 Å². The third kappa shape index (κ3) is 7.29. The maximum absolute atomic E-state index is 12.9. The molecule has 1 saturated heterocycles. The van der Waals surface area contributed by atoms with Crippen LogP contribution in [0.5, 0.6) is 5.75 Å². The summed E-state index contributed by atoms with van der Waals surface area (Å²) in [4.78, 5) is 21.3. The Hall–Kier alpha value is -2.68. The number of anilines is 1. The number of pyridine rings is 1. The van der Waals surface area contributed by atoms with Gasteiger partial charge in [-0.3, -0.25) is 4.79 Å². The SMILES string of the molecule is O=C(/C=C/c1cnc(NCCOc2ccc(F)cc2)c(Cl)c1)NOC1CCCCO1. The smallest absolute Gasteiger partial charge is 0.267 e. The number of hydrogen-bond acceptors (Lipinski definition) is 6. The number of amides is 1. The zero-order valence-corrected chi connectivity index (χ0v) is 17.0. The number of aromatic nitrogens is 1. The monoisotopic (exact) mass is 435 g/mol. The van der Waals surface area contributed by atoms with Gasteiger partial charge in [-0.25, -0.2) is 19.7 Å². The highest BCUT2D eigenvalue weighted by Crippen LogP contribution is 2.20. The summed E-state index contributed by atoms with van der Waals surface area (Å²) in [5.74, 6) is 0.364. The van der Waals surface area contributed by atoms with Gasteiger partial charge >= 0.3 is 0 Å². The summed E-state index contributed by atoms with van der Waals surface area (Å²) in [6.45, 7) is 1.46. The van der Waals surface area contributed by atoms with Gasteiger partial charge in [-0.1, -0.05) is 11.6 Å². The summed E-state index contributed by atoms with van der Waals surface area (Å²) in [7, 11) is 0. The lowest BCUT2D eigenvalue weighted by molar-refractivity contribution is -0.198. The molecule has 0 bridgehead atoms. The molecule has 1 fully saturated rings. The standard InChI is InChI=1S/C21H23ClFN3O4/c22-18-13-15(4-9-19(27)26-30-20-3-1-2-11-29-20)14-25-21(18)24-10-12-28-17-7-5-16(23)6-8-17/h4-9,13-14,20H,1-3,10-12H2,(H,24,25)(H,26,27)/b9-4+. The zero-order chi connectivity index (χ0) is 21.2. The van der Waals surface area contributed by atoms with Crippen molar-refractivity contribution in [2.45, 2.75) is 25.6 Å². The van der Waals surface area contributed by atoms with E-state index in [1.807, 2.05) is 0 Å². The van der Waals surface area contributed by atoms with Crippen LogP contribution in [-0.4, -0.2) is 36.9 Å². The number of carbonyl (C=O) groups excluding carboxylic acids is 1. The molecule has 2 heterocycles. The Labute approximate surface area is 179 Å². The molecule has 160 valence electrons. The van der Waals surface area contributed by atoms with Crippen molar-refractivity contribution in [3.8, 4) is 5.75 Å². The van der Waals surface area contributed by atoms with Gasteiger partial charge in [0, 0.05) is 25.3 Å². The van der Waals surface area contributed by atoms with Gasteiger partial charge in [0.05, 0.1) is 11.6 Å². The van der Waals surface area contributed by atoms with Crippen molar-refractivity contribution >= 4 is 29.4 Å². The maximum atomic E-state index is 12.9. The van der Waals surface area contributed by atoms with Crippen molar-refractivity contribution in [3.63, 3.8) is 0 Å². The molecule has 0 spiro atoms. The Morgan fingerprint density at radius 3 is 2.90 bits per heavy atom. The first kappa shape index (κ1) is 22.0.